The maximum Gasteiger partial charge on any atom is 0.221 e. The number of unbranched alkanes of at least 4 members (excludes halogenated alkanes) is 1. The second-order valence-corrected chi connectivity index (χ2v) is 6.66. The molecule has 1 fully saturated rings. The summed E-state index contributed by atoms with van der Waals surface area (Å²) in [5.41, 5.74) is 7.09. The standard InChI is InChI=1S/C19H31N3O.2ClH/c1-16-9-5-7-13-22(16)14-8-6-12-21-19(23)15-18(20)17-10-3-2-4-11-17;;/h2-4,10-11,16,18H,5-9,12-15,20H2,1H3,(H,21,23);2*1H. The van der Waals surface area contributed by atoms with Crippen molar-refractivity contribution in [3.05, 3.63) is 35.9 Å². The molecule has 6 heteroatoms. The summed E-state index contributed by atoms with van der Waals surface area (Å²) < 4.78 is 0. The predicted molar refractivity (Wildman–Crippen MR) is 110 cm³/mol. The summed E-state index contributed by atoms with van der Waals surface area (Å²) >= 11 is 0. The number of nitrogens with two attached hydrogens (primary N) is 1. The van der Waals surface area contributed by atoms with Gasteiger partial charge >= 0.3 is 0 Å². The van der Waals surface area contributed by atoms with Crippen molar-refractivity contribution >= 4 is 30.7 Å². The van der Waals surface area contributed by atoms with Crippen LogP contribution in [0.2, 0.25) is 0 Å². The van der Waals surface area contributed by atoms with Gasteiger partial charge in [0.15, 0.2) is 0 Å². The van der Waals surface area contributed by atoms with Crippen molar-refractivity contribution < 1.29 is 4.79 Å². The molecule has 1 aromatic carbocycles. The molecule has 2 unspecified atom stereocenters. The maximum atomic E-state index is 11.9. The summed E-state index contributed by atoms with van der Waals surface area (Å²) in [6.07, 6.45) is 6.57. The highest BCUT2D eigenvalue weighted by molar-refractivity contribution is 5.85. The van der Waals surface area contributed by atoms with Crippen molar-refractivity contribution in [2.75, 3.05) is 19.6 Å². The van der Waals surface area contributed by atoms with E-state index in [1.165, 1.54) is 25.8 Å². The van der Waals surface area contributed by atoms with E-state index < -0.39 is 0 Å². The quantitative estimate of drug-likeness (QED) is 0.666. The van der Waals surface area contributed by atoms with Crippen LogP contribution in [0, 0.1) is 0 Å². The summed E-state index contributed by atoms with van der Waals surface area (Å²) in [6, 6.07) is 10.3. The van der Waals surface area contributed by atoms with Crippen LogP contribution in [0.4, 0.5) is 0 Å². The van der Waals surface area contributed by atoms with Crippen LogP contribution < -0.4 is 11.1 Å². The van der Waals surface area contributed by atoms with E-state index in [1.807, 2.05) is 30.3 Å². The van der Waals surface area contributed by atoms with Crippen molar-refractivity contribution in [3.8, 4) is 0 Å². The minimum Gasteiger partial charge on any atom is -0.356 e. The molecular weight excluding hydrogens is 357 g/mol. The number of hydrogen-bond donors (Lipinski definition) is 2. The number of likely N-dealkylation sites (tertiary alicyclic amines) is 1. The Hall–Kier alpha value is -0.810. The zero-order chi connectivity index (χ0) is 16.5. The van der Waals surface area contributed by atoms with Crippen LogP contribution in [0.25, 0.3) is 0 Å². The van der Waals surface area contributed by atoms with Crippen LogP contribution in [0.3, 0.4) is 0 Å². The molecule has 0 bridgehead atoms. The smallest absolute Gasteiger partial charge is 0.221 e. The summed E-state index contributed by atoms with van der Waals surface area (Å²) in [5, 5.41) is 2.99. The van der Waals surface area contributed by atoms with E-state index in [-0.39, 0.29) is 36.8 Å². The van der Waals surface area contributed by atoms with Crippen LogP contribution in [-0.4, -0.2) is 36.5 Å². The summed E-state index contributed by atoms with van der Waals surface area (Å²) in [6.45, 7) is 5.47. The van der Waals surface area contributed by atoms with Crippen molar-refractivity contribution in [1.82, 2.24) is 10.2 Å². The fourth-order valence-corrected chi connectivity index (χ4v) is 3.25. The van der Waals surface area contributed by atoms with Gasteiger partial charge in [-0.3, -0.25) is 4.79 Å². The molecule has 1 amide bonds. The fourth-order valence-electron chi connectivity index (χ4n) is 3.25. The Labute approximate surface area is 164 Å². The monoisotopic (exact) mass is 389 g/mol. The first kappa shape index (κ1) is 24.2. The average Bonchev–Trinajstić information content (AvgIpc) is 2.57. The number of halogens is 2. The predicted octanol–water partition coefficient (Wildman–Crippen LogP) is 3.69. The summed E-state index contributed by atoms with van der Waals surface area (Å²) in [5.74, 6) is 0.0488. The Morgan fingerprint density at radius 3 is 2.64 bits per heavy atom. The Bertz CT molecular complexity index is 473. The Balaban J connectivity index is 0.00000288. The number of benzene rings is 1. The van der Waals surface area contributed by atoms with Crippen molar-refractivity contribution in [3.63, 3.8) is 0 Å². The molecule has 1 aliphatic heterocycles. The molecule has 0 spiro atoms. The number of amides is 1. The van der Waals surface area contributed by atoms with Crippen molar-refractivity contribution in [2.24, 2.45) is 5.73 Å². The zero-order valence-electron chi connectivity index (χ0n) is 15.2. The second-order valence-electron chi connectivity index (χ2n) is 6.66. The molecular formula is C19H33Cl2N3O. The third-order valence-corrected chi connectivity index (χ3v) is 4.77. The Morgan fingerprint density at radius 1 is 1.24 bits per heavy atom. The van der Waals surface area contributed by atoms with Gasteiger partial charge in [0.05, 0.1) is 0 Å². The fraction of sp³-hybridized carbons (Fsp3) is 0.632. The van der Waals surface area contributed by atoms with Crippen LogP contribution >= 0.6 is 24.8 Å². The molecule has 1 aromatic rings. The van der Waals surface area contributed by atoms with Crippen molar-refractivity contribution in [2.45, 2.75) is 57.5 Å². The van der Waals surface area contributed by atoms with Gasteiger partial charge in [0.2, 0.25) is 5.91 Å². The number of rotatable bonds is 8. The minimum absolute atomic E-state index is 0. The van der Waals surface area contributed by atoms with E-state index in [0.717, 1.165) is 37.5 Å². The third-order valence-electron chi connectivity index (χ3n) is 4.77. The average molecular weight is 390 g/mol. The first-order valence-corrected chi connectivity index (χ1v) is 8.98. The molecule has 0 aliphatic carbocycles. The van der Waals surface area contributed by atoms with Crippen molar-refractivity contribution in [1.29, 1.82) is 0 Å². The van der Waals surface area contributed by atoms with E-state index in [1.54, 1.807) is 0 Å². The molecule has 1 saturated heterocycles. The topological polar surface area (TPSA) is 58.4 Å². The lowest BCUT2D eigenvalue weighted by molar-refractivity contribution is -0.121. The van der Waals surface area contributed by atoms with Gasteiger partial charge in [-0.2, -0.15) is 0 Å². The summed E-state index contributed by atoms with van der Waals surface area (Å²) in [4.78, 5) is 14.5. The highest BCUT2D eigenvalue weighted by atomic mass is 35.5. The van der Waals surface area contributed by atoms with Gasteiger partial charge in [0.1, 0.15) is 0 Å². The molecule has 1 aliphatic rings. The van der Waals surface area contributed by atoms with Crippen LogP contribution in [0.15, 0.2) is 30.3 Å². The molecule has 144 valence electrons. The Morgan fingerprint density at radius 2 is 1.96 bits per heavy atom. The van der Waals surface area contributed by atoms with E-state index in [4.69, 9.17) is 5.73 Å². The van der Waals surface area contributed by atoms with E-state index >= 15 is 0 Å². The maximum absolute atomic E-state index is 11.9. The van der Waals surface area contributed by atoms with Gasteiger partial charge in [0.25, 0.3) is 0 Å². The number of carbonyl (C=O) groups excluding carboxylic acids is 1. The van der Waals surface area contributed by atoms with Gasteiger partial charge < -0.3 is 16.0 Å². The molecule has 4 nitrogen and oxygen atoms in total. The molecule has 2 atom stereocenters. The first-order chi connectivity index (χ1) is 11.2. The largest absolute Gasteiger partial charge is 0.356 e. The lowest BCUT2D eigenvalue weighted by Gasteiger charge is -2.33. The van der Waals surface area contributed by atoms with Crippen LogP contribution in [0.1, 0.15) is 57.1 Å². The molecule has 1 heterocycles. The number of hydrogen-bond acceptors (Lipinski definition) is 3. The third kappa shape index (κ3) is 8.91. The molecule has 3 N–H and O–H groups in total. The first-order valence-electron chi connectivity index (χ1n) is 8.98. The lowest BCUT2D eigenvalue weighted by atomic mass is 10.0. The highest BCUT2D eigenvalue weighted by Crippen LogP contribution is 2.16. The number of piperidine rings is 1. The van der Waals surface area contributed by atoms with Gasteiger partial charge in [-0.25, -0.2) is 0 Å². The molecule has 2 rings (SSSR count). The van der Waals surface area contributed by atoms with Gasteiger partial charge in [0, 0.05) is 25.0 Å². The van der Waals surface area contributed by atoms with E-state index in [0.29, 0.717) is 6.42 Å². The SMILES string of the molecule is CC1CCCCN1CCCCNC(=O)CC(N)c1ccccc1.Cl.Cl. The molecule has 0 saturated carbocycles. The molecule has 0 aromatic heterocycles. The highest BCUT2D eigenvalue weighted by Gasteiger charge is 2.17. The minimum atomic E-state index is -0.217. The van der Waals surface area contributed by atoms with Crippen LogP contribution in [0.5, 0.6) is 0 Å². The number of nitrogens with zero attached hydrogens (tertiary/aromatic N) is 1. The van der Waals surface area contributed by atoms with Gasteiger partial charge in [-0.15, -0.1) is 24.8 Å². The second kappa shape index (κ2) is 13.4. The summed E-state index contributed by atoms with van der Waals surface area (Å²) in [7, 11) is 0. The lowest BCUT2D eigenvalue weighted by Crippen LogP contribution is -2.38. The molecule has 0 radical (unpaired) electrons. The normalized spacial score (nSPS) is 18.6. The van der Waals surface area contributed by atoms with Gasteiger partial charge in [-0.05, 0) is 51.3 Å². The van der Waals surface area contributed by atoms with Crippen LogP contribution in [-0.2, 0) is 4.79 Å². The van der Waals surface area contributed by atoms with E-state index in [9.17, 15) is 4.79 Å². The van der Waals surface area contributed by atoms with E-state index in [2.05, 4.69) is 17.1 Å². The number of nitrogens with one attached hydrogen (secondary N) is 1. The zero-order valence-corrected chi connectivity index (χ0v) is 16.8. The Kier molecular flexibility index (Phi) is 13.0. The number of carbonyl (C=O) groups is 1. The molecule has 25 heavy (non-hydrogen) atoms. The van der Waals surface area contributed by atoms with Gasteiger partial charge in [-0.1, -0.05) is 36.8 Å².